The first-order valence-corrected chi connectivity index (χ1v) is 11.2. The molecule has 0 amide bonds. The Kier molecular flexibility index (Phi) is 5.57. The Morgan fingerprint density at radius 1 is 0.886 bits per heavy atom. The van der Waals surface area contributed by atoms with Crippen LogP contribution < -0.4 is 10.6 Å². The highest BCUT2D eigenvalue weighted by molar-refractivity contribution is 5.88. The number of fused-ring (bicyclic) bond motifs is 1. The average Bonchev–Trinajstić information content (AvgIpc) is 3.61. The summed E-state index contributed by atoms with van der Waals surface area (Å²) in [6.07, 6.45) is -4.50. The summed E-state index contributed by atoms with van der Waals surface area (Å²) in [5, 5.41) is 5.74. The predicted molar refractivity (Wildman–Crippen MR) is 128 cm³/mol. The molecule has 1 fully saturated rings. The van der Waals surface area contributed by atoms with Crippen molar-refractivity contribution < 1.29 is 17.6 Å². The van der Waals surface area contributed by atoms with E-state index in [4.69, 9.17) is 0 Å². The van der Waals surface area contributed by atoms with Gasteiger partial charge in [-0.3, -0.25) is 0 Å². The Morgan fingerprint density at radius 2 is 1.63 bits per heavy atom. The molecule has 4 aromatic rings. The maximum absolute atomic E-state index is 13.7. The maximum atomic E-state index is 13.7. The number of aromatic nitrogens is 3. The molecular weight excluding hydrogens is 458 g/mol. The van der Waals surface area contributed by atoms with Gasteiger partial charge >= 0.3 is 6.18 Å². The highest BCUT2D eigenvalue weighted by atomic mass is 19.4. The van der Waals surface area contributed by atoms with Gasteiger partial charge in [0, 0.05) is 12.1 Å². The van der Waals surface area contributed by atoms with Crippen molar-refractivity contribution in [3.05, 3.63) is 77.1 Å². The van der Waals surface area contributed by atoms with E-state index in [1.165, 1.54) is 17.7 Å². The number of anilines is 2. The molecule has 2 aromatic carbocycles. The van der Waals surface area contributed by atoms with E-state index in [1.54, 1.807) is 24.3 Å². The summed E-state index contributed by atoms with van der Waals surface area (Å²) in [5.41, 5.74) is 3.03. The number of halogens is 4. The van der Waals surface area contributed by atoms with Crippen LogP contribution >= 0.6 is 0 Å². The van der Waals surface area contributed by atoms with Crippen molar-refractivity contribution in [3.8, 4) is 11.3 Å². The van der Waals surface area contributed by atoms with Crippen LogP contribution in [-0.4, -0.2) is 26.7 Å². The van der Waals surface area contributed by atoms with Gasteiger partial charge in [0.15, 0.2) is 5.82 Å². The predicted octanol–water partition coefficient (Wildman–Crippen LogP) is 6.57. The van der Waals surface area contributed by atoms with E-state index >= 15 is 0 Å². The Balaban J connectivity index is 1.53. The van der Waals surface area contributed by atoms with Gasteiger partial charge in [0.2, 0.25) is 5.95 Å². The number of hydrogen-bond donors (Lipinski definition) is 2. The summed E-state index contributed by atoms with van der Waals surface area (Å²) < 4.78 is 54.5. The Hall–Kier alpha value is -3.75. The normalized spacial score (nSPS) is 14.7. The molecule has 2 N–H and O–H groups in total. The molecule has 0 radical (unpaired) electrons. The van der Waals surface area contributed by atoms with Gasteiger partial charge < -0.3 is 10.6 Å². The lowest BCUT2D eigenvalue weighted by atomic mass is 10.1. The van der Waals surface area contributed by atoms with Crippen LogP contribution in [0.1, 0.15) is 29.5 Å². The van der Waals surface area contributed by atoms with Crippen molar-refractivity contribution in [2.75, 3.05) is 10.6 Å². The highest BCUT2D eigenvalue weighted by Gasteiger charge is 2.64. The fourth-order valence-electron chi connectivity index (χ4n) is 3.89. The molecule has 2 heterocycles. The van der Waals surface area contributed by atoms with Crippen LogP contribution in [0, 0.1) is 19.7 Å². The van der Waals surface area contributed by atoms with Gasteiger partial charge in [-0.1, -0.05) is 18.2 Å². The topological polar surface area (TPSA) is 62.7 Å². The van der Waals surface area contributed by atoms with Crippen molar-refractivity contribution >= 4 is 22.8 Å². The van der Waals surface area contributed by atoms with Crippen LogP contribution in [0.4, 0.5) is 29.3 Å². The van der Waals surface area contributed by atoms with Gasteiger partial charge in [0.05, 0.1) is 11.2 Å². The van der Waals surface area contributed by atoms with E-state index in [2.05, 4.69) is 25.6 Å². The molecule has 1 aliphatic carbocycles. The quantitative estimate of drug-likeness (QED) is 0.305. The lowest BCUT2D eigenvalue weighted by Crippen LogP contribution is -2.39. The van der Waals surface area contributed by atoms with E-state index in [1.807, 2.05) is 32.0 Å². The van der Waals surface area contributed by atoms with Crippen LogP contribution in [0.15, 0.2) is 54.6 Å². The number of hydrogen-bond acceptors (Lipinski definition) is 5. The smallest absolute Gasteiger partial charge is 0.354 e. The summed E-state index contributed by atoms with van der Waals surface area (Å²) >= 11 is 0. The average molecular weight is 481 g/mol. The van der Waals surface area contributed by atoms with Crippen LogP contribution in [0.2, 0.25) is 0 Å². The van der Waals surface area contributed by atoms with E-state index in [-0.39, 0.29) is 35.9 Å². The summed E-state index contributed by atoms with van der Waals surface area (Å²) in [6, 6.07) is 15.2. The maximum Gasteiger partial charge on any atom is 0.411 e. The molecule has 1 aliphatic rings. The van der Waals surface area contributed by atoms with Gasteiger partial charge in [-0.25, -0.2) is 14.4 Å². The fraction of sp³-hybridized carbons (Fsp3) is 0.269. The standard InChI is InChI=1S/C26H23F4N5/c1-15-3-4-17(13-16(15)2)14-31-24-33-21-10-9-20(18-5-7-19(27)8-6-18)32-22(21)23(34-24)35-25(11-12-25)26(28,29)30/h3-10,13H,11-12,14H2,1-2H3,(H2,31,33,34,35). The van der Waals surface area contributed by atoms with Crippen LogP contribution in [0.5, 0.6) is 0 Å². The van der Waals surface area contributed by atoms with Crippen LogP contribution in [0.25, 0.3) is 22.3 Å². The molecule has 1 saturated carbocycles. The summed E-state index contributed by atoms with van der Waals surface area (Å²) in [5.74, 6) is -0.176. The summed E-state index contributed by atoms with van der Waals surface area (Å²) in [7, 11) is 0. The van der Waals surface area contributed by atoms with Gasteiger partial charge in [0.1, 0.15) is 16.9 Å². The van der Waals surface area contributed by atoms with E-state index in [9.17, 15) is 17.6 Å². The Labute approximate surface area is 199 Å². The van der Waals surface area contributed by atoms with Gasteiger partial charge in [-0.2, -0.15) is 18.2 Å². The first-order chi connectivity index (χ1) is 16.6. The molecule has 0 saturated heterocycles. The second-order valence-electron chi connectivity index (χ2n) is 8.94. The largest absolute Gasteiger partial charge is 0.411 e. The van der Waals surface area contributed by atoms with Crippen LogP contribution in [0.3, 0.4) is 0 Å². The first kappa shape index (κ1) is 23.0. The number of aryl methyl sites for hydroxylation is 2. The molecule has 0 bridgehead atoms. The molecule has 5 rings (SSSR count). The fourth-order valence-corrected chi connectivity index (χ4v) is 3.89. The minimum atomic E-state index is -4.42. The van der Waals surface area contributed by atoms with Crippen LogP contribution in [-0.2, 0) is 6.54 Å². The third-order valence-electron chi connectivity index (χ3n) is 6.35. The Bertz CT molecular complexity index is 1400. The number of nitrogens with zero attached hydrogens (tertiary/aromatic N) is 3. The van der Waals surface area contributed by atoms with Crippen molar-refractivity contribution in [1.29, 1.82) is 0 Å². The Morgan fingerprint density at radius 3 is 2.29 bits per heavy atom. The van der Waals surface area contributed by atoms with Crippen molar-refractivity contribution in [2.24, 2.45) is 0 Å². The monoisotopic (exact) mass is 481 g/mol. The lowest BCUT2D eigenvalue weighted by molar-refractivity contribution is -0.151. The molecule has 0 aliphatic heterocycles. The molecule has 2 aromatic heterocycles. The van der Waals surface area contributed by atoms with E-state index < -0.39 is 11.7 Å². The van der Waals surface area contributed by atoms with E-state index in [0.717, 1.165) is 11.1 Å². The molecule has 9 heteroatoms. The summed E-state index contributed by atoms with van der Waals surface area (Å²) in [4.78, 5) is 13.4. The minimum Gasteiger partial charge on any atom is -0.354 e. The number of nitrogens with one attached hydrogen (secondary N) is 2. The molecule has 180 valence electrons. The van der Waals surface area contributed by atoms with Crippen molar-refractivity contribution in [3.63, 3.8) is 0 Å². The second-order valence-corrected chi connectivity index (χ2v) is 8.94. The molecule has 35 heavy (non-hydrogen) atoms. The number of rotatable bonds is 6. The van der Waals surface area contributed by atoms with Gasteiger partial charge in [0.25, 0.3) is 0 Å². The van der Waals surface area contributed by atoms with Crippen molar-refractivity contribution in [1.82, 2.24) is 15.0 Å². The first-order valence-electron chi connectivity index (χ1n) is 11.2. The van der Waals surface area contributed by atoms with Gasteiger partial charge in [-0.15, -0.1) is 0 Å². The molecule has 0 unspecified atom stereocenters. The zero-order chi connectivity index (χ0) is 24.8. The van der Waals surface area contributed by atoms with Crippen molar-refractivity contribution in [2.45, 2.75) is 44.9 Å². The zero-order valence-corrected chi connectivity index (χ0v) is 19.2. The molecular formula is C26H23F4N5. The second kappa shape index (κ2) is 8.48. The lowest BCUT2D eigenvalue weighted by Gasteiger charge is -2.22. The molecule has 0 spiro atoms. The third kappa shape index (κ3) is 4.62. The molecule has 0 atom stereocenters. The number of benzene rings is 2. The van der Waals surface area contributed by atoms with E-state index in [0.29, 0.717) is 23.3 Å². The zero-order valence-electron chi connectivity index (χ0n) is 19.2. The SMILES string of the molecule is Cc1ccc(CNc2nc(NC3(C(F)(F)F)CC3)c3nc(-c4ccc(F)cc4)ccc3n2)cc1C. The highest BCUT2D eigenvalue weighted by Crippen LogP contribution is 2.51. The molecule has 5 nitrogen and oxygen atoms in total. The minimum absolute atomic E-state index is 0.0105. The van der Waals surface area contributed by atoms with Gasteiger partial charge in [-0.05, 0) is 79.8 Å². The number of pyridine rings is 1. The summed E-state index contributed by atoms with van der Waals surface area (Å²) in [6.45, 7) is 4.46. The number of alkyl halides is 3. The third-order valence-corrected chi connectivity index (χ3v) is 6.35.